The molecular weight excluding hydrogens is 402 g/mol. The molecule has 4 N–H and O–H groups in total. The van der Waals surface area contributed by atoms with Gasteiger partial charge < -0.3 is 15.6 Å². The summed E-state index contributed by atoms with van der Waals surface area (Å²) in [5, 5.41) is 15.3. The standard InChI is InChI=1S/C21H23N5OS2/c1-23-21-26-16-8-7-12(10-17(16)29-21)13-9-15(20(28)24-11-13)18(22)19(27)25-14-5-3-2-4-6-14/h7-11,14,22H,2-6H2,1H3,(H,23,26)(H,24,28)(H,25,27). The van der Waals surface area contributed by atoms with E-state index < -0.39 is 0 Å². The van der Waals surface area contributed by atoms with Crippen molar-refractivity contribution in [2.75, 3.05) is 12.4 Å². The highest BCUT2D eigenvalue weighted by Crippen LogP contribution is 2.30. The molecule has 0 saturated heterocycles. The molecule has 1 aliphatic carbocycles. The molecule has 150 valence electrons. The molecule has 1 aromatic carbocycles. The SMILES string of the molecule is CNc1nc2ccc(-c3c[nH]c(=S)c(C(=N)C(=O)NC4CCCCC4)c3)cc2s1. The molecule has 6 nitrogen and oxygen atoms in total. The van der Waals surface area contributed by atoms with E-state index >= 15 is 0 Å². The molecule has 1 fully saturated rings. The first-order valence-corrected chi connectivity index (χ1v) is 11.0. The lowest BCUT2D eigenvalue weighted by Gasteiger charge is -2.22. The van der Waals surface area contributed by atoms with E-state index in [0.29, 0.717) is 10.2 Å². The molecular formula is C21H23N5OS2. The second-order valence-electron chi connectivity index (χ2n) is 7.27. The zero-order chi connectivity index (χ0) is 20.4. The monoisotopic (exact) mass is 425 g/mol. The normalized spacial score (nSPS) is 14.7. The molecule has 0 atom stereocenters. The van der Waals surface area contributed by atoms with Crippen molar-refractivity contribution in [3.05, 3.63) is 40.7 Å². The predicted molar refractivity (Wildman–Crippen MR) is 122 cm³/mol. The van der Waals surface area contributed by atoms with Gasteiger partial charge in [-0.15, -0.1) is 0 Å². The second-order valence-corrected chi connectivity index (χ2v) is 8.70. The Balaban J connectivity index is 1.60. The van der Waals surface area contributed by atoms with Gasteiger partial charge in [0.1, 0.15) is 10.4 Å². The number of carbonyl (C=O) groups excluding carboxylic acids is 1. The minimum absolute atomic E-state index is 0.0880. The topological polar surface area (TPSA) is 93.7 Å². The maximum absolute atomic E-state index is 12.6. The number of nitrogens with zero attached hydrogens (tertiary/aromatic N) is 1. The number of benzene rings is 1. The molecule has 29 heavy (non-hydrogen) atoms. The summed E-state index contributed by atoms with van der Waals surface area (Å²) < 4.78 is 1.47. The molecule has 1 amide bonds. The fourth-order valence-electron chi connectivity index (χ4n) is 3.67. The van der Waals surface area contributed by atoms with E-state index in [1.165, 1.54) is 6.42 Å². The van der Waals surface area contributed by atoms with Crippen molar-refractivity contribution in [3.63, 3.8) is 0 Å². The first-order chi connectivity index (χ1) is 14.0. The molecule has 1 aliphatic rings. The number of hydrogen-bond acceptors (Lipinski definition) is 6. The molecule has 0 unspecified atom stereocenters. The van der Waals surface area contributed by atoms with Crippen LogP contribution in [0.5, 0.6) is 0 Å². The summed E-state index contributed by atoms with van der Waals surface area (Å²) in [7, 11) is 1.85. The highest BCUT2D eigenvalue weighted by Gasteiger charge is 2.20. The number of rotatable bonds is 5. The molecule has 0 aliphatic heterocycles. The lowest BCUT2D eigenvalue weighted by molar-refractivity contribution is -0.115. The Labute approximate surface area is 178 Å². The van der Waals surface area contributed by atoms with Crippen LogP contribution in [0.2, 0.25) is 0 Å². The molecule has 2 aromatic heterocycles. The summed E-state index contributed by atoms with van der Waals surface area (Å²) in [5.41, 5.74) is 3.16. The van der Waals surface area contributed by atoms with E-state index in [9.17, 15) is 4.79 Å². The Bertz CT molecular complexity index is 1130. The van der Waals surface area contributed by atoms with Crippen LogP contribution in [0.15, 0.2) is 30.5 Å². The number of carbonyl (C=O) groups is 1. The number of hydrogen-bond donors (Lipinski definition) is 4. The van der Waals surface area contributed by atoms with E-state index in [1.807, 2.05) is 31.4 Å². The van der Waals surface area contributed by atoms with Gasteiger partial charge in [-0.1, -0.05) is 48.9 Å². The number of H-pyrrole nitrogens is 1. The number of aromatic amines is 1. The third-order valence-electron chi connectivity index (χ3n) is 5.28. The van der Waals surface area contributed by atoms with Gasteiger partial charge in [0, 0.05) is 24.8 Å². The zero-order valence-electron chi connectivity index (χ0n) is 16.2. The molecule has 0 spiro atoms. The lowest BCUT2D eigenvalue weighted by Crippen LogP contribution is -2.40. The van der Waals surface area contributed by atoms with E-state index in [0.717, 1.165) is 52.2 Å². The molecule has 8 heteroatoms. The second kappa shape index (κ2) is 8.42. The summed E-state index contributed by atoms with van der Waals surface area (Å²) in [4.78, 5) is 20.2. The van der Waals surface area contributed by atoms with Gasteiger partial charge in [0.15, 0.2) is 5.13 Å². The van der Waals surface area contributed by atoms with Crippen LogP contribution in [0.25, 0.3) is 21.3 Å². The fourth-order valence-corrected chi connectivity index (χ4v) is 4.75. The number of thiazole rings is 1. The average molecular weight is 426 g/mol. The fraction of sp³-hybridized carbons (Fsp3) is 0.333. The number of aromatic nitrogens is 2. The maximum Gasteiger partial charge on any atom is 0.270 e. The Morgan fingerprint density at radius 3 is 2.79 bits per heavy atom. The van der Waals surface area contributed by atoms with Crippen LogP contribution in [0.1, 0.15) is 37.7 Å². The lowest BCUT2D eigenvalue weighted by atomic mass is 9.95. The summed E-state index contributed by atoms with van der Waals surface area (Å²) in [5.74, 6) is -0.356. The Hall–Kier alpha value is -2.58. The van der Waals surface area contributed by atoms with Crippen LogP contribution in [-0.2, 0) is 4.79 Å². The van der Waals surface area contributed by atoms with Gasteiger partial charge in [0.2, 0.25) is 0 Å². The van der Waals surface area contributed by atoms with Crippen LogP contribution in [0.4, 0.5) is 5.13 Å². The number of amides is 1. The van der Waals surface area contributed by atoms with Gasteiger partial charge in [0.05, 0.1) is 10.2 Å². The zero-order valence-corrected chi connectivity index (χ0v) is 17.8. The molecule has 2 heterocycles. The molecule has 3 aromatic rings. The summed E-state index contributed by atoms with van der Waals surface area (Å²) in [6.07, 6.45) is 7.26. The molecule has 0 radical (unpaired) electrons. The quantitative estimate of drug-likeness (QED) is 0.346. The molecule has 4 rings (SSSR count). The van der Waals surface area contributed by atoms with Gasteiger partial charge in [-0.2, -0.15) is 0 Å². The number of pyridine rings is 1. The van der Waals surface area contributed by atoms with Crippen molar-refractivity contribution in [1.82, 2.24) is 15.3 Å². The van der Waals surface area contributed by atoms with Crippen LogP contribution in [0.3, 0.4) is 0 Å². The maximum atomic E-state index is 12.6. The van der Waals surface area contributed by atoms with Gasteiger partial charge in [-0.3, -0.25) is 10.2 Å². The van der Waals surface area contributed by atoms with Crippen molar-refractivity contribution < 1.29 is 4.79 Å². The minimum Gasteiger partial charge on any atom is -0.365 e. The Morgan fingerprint density at radius 1 is 1.24 bits per heavy atom. The first kappa shape index (κ1) is 19.7. The average Bonchev–Trinajstić information content (AvgIpc) is 3.17. The molecule has 0 bridgehead atoms. The van der Waals surface area contributed by atoms with Crippen LogP contribution in [0, 0.1) is 10.0 Å². The van der Waals surface area contributed by atoms with Crippen LogP contribution in [-0.4, -0.2) is 34.7 Å². The Kier molecular flexibility index (Phi) is 5.73. The van der Waals surface area contributed by atoms with Gasteiger partial charge >= 0.3 is 0 Å². The molecule has 1 saturated carbocycles. The summed E-state index contributed by atoms with van der Waals surface area (Å²) >= 11 is 6.95. The number of fused-ring (bicyclic) bond motifs is 1. The number of anilines is 1. The van der Waals surface area contributed by atoms with Gasteiger partial charge in [-0.05, 0) is 42.2 Å². The summed E-state index contributed by atoms with van der Waals surface area (Å²) in [6, 6.07) is 8.01. The number of nitrogens with one attached hydrogen (secondary N) is 4. The van der Waals surface area contributed by atoms with Crippen molar-refractivity contribution in [2.24, 2.45) is 0 Å². The van der Waals surface area contributed by atoms with Crippen LogP contribution >= 0.6 is 23.6 Å². The highest BCUT2D eigenvalue weighted by molar-refractivity contribution is 7.71. The predicted octanol–water partition coefficient (Wildman–Crippen LogP) is 4.88. The third kappa shape index (κ3) is 4.23. The largest absolute Gasteiger partial charge is 0.365 e. The third-order valence-corrected chi connectivity index (χ3v) is 6.65. The highest BCUT2D eigenvalue weighted by atomic mass is 32.1. The summed E-state index contributed by atoms with van der Waals surface area (Å²) in [6.45, 7) is 0. The first-order valence-electron chi connectivity index (χ1n) is 9.76. The van der Waals surface area contributed by atoms with Gasteiger partial charge in [-0.25, -0.2) is 4.98 Å². The van der Waals surface area contributed by atoms with E-state index in [1.54, 1.807) is 11.3 Å². The van der Waals surface area contributed by atoms with E-state index in [2.05, 4.69) is 26.7 Å². The Morgan fingerprint density at radius 2 is 2.03 bits per heavy atom. The minimum atomic E-state index is -0.356. The smallest absolute Gasteiger partial charge is 0.270 e. The van der Waals surface area contributed by atoms with E-state index in [4.69, 9.17) is 17.6 Å². The van der Waals surface area contributed by atoms with Crippen molar-refractivity contribution in [2.45, 2.75) is 38.1 Å². The van der Waals surface area contributed by atoms with Crippen molar-refractivity contribution in [3.8, 4) is 11.1 Å². The van der Waals surface area contributed by atoms with Crippen LogP contribution < -0.4 is 10.6 Å². The van der Waals surface area contributed by atoms with Crippen molar-refractivity contribution >= 4 is 50.5 Å². The van der Waals surface area contributed by atoms with Gasteiger partial charge in [0.25, 0.3) is 5.91 Å². The van der Waals surface area contributed by atoms with Crippen molar-refractivity contribution in [1.29, 1.82) is 5.41 Å². The van der Waals surface area contributed by atoms with E-state index in [-0.39, 0.29) is 17.7 Å².